The summed E-state index contributed by atoms with van der Waals surface area (Å²) in [5.74, 6) is -0.0109. The molecular formula is C13H15N5O3. The van der Waals surface area contributed by atoms with Crippen molar-refractivity contribution in [2.45, 2.75) is 25.3 Å². The number of piperidine rings is 1. The molecule has 1 aromatic carbocycles. The number of rotatable bonds is 4. The predicted molar refractivity (Wildman–Crippen MR) is 75.5 cm³/mol. The lowest BCUT2D eigenvalue weighted by Gasteiger charge is -2.30. The van der Waals surface area contributed by atoms with E-state index in [2.05, 4.69) is 10.0 Å². The van der Waals surface area contributed by atoms with E-state index >= 15 is 0 Å². The van der Waals surface area contributed by atoms with Gasteiger partial charge < -0.3 is 4.90 Å². The normalized spacial score (nSPS) is 15.3. The van der Waals surface area contributed by atoms with E-state index in [0.29, 0.717) is 25.9 Å². The number of carbonyl (C=O) groups is 1. The average molecular weight is 289 g/mol. The van der Waals surface area contributed by atoms with Crippen LogP contribution in [0.15, 0.2) is 29.4 Å². The fourth-order valence-corrected chi connectivity index (χ4v) is 2.33. The van der Waals surface area contributed by atoms with E-state index in [-0.39, 0.29) is 24.1 Å². The van der Waals surface area contributed by atoms with Crippen LogP contribution in [0.2, 0.25) is 0 Å². The first-order chi connectivity index (χ1) is 10.1. The first kappa shape index (κ1) is 14.8. The van der Waals surface area contributed by atoms with E-state index in [4.69, 9.17) is 5.53 Å². The molecule has 0 N–H and O–H groups in total. The van der Waals surface area contributed by atoms with Crippen LogP contribution in [0, 0.1) is 10.1 Å². The van der Waals surface area contributed by atoms with Crippen LogP contribution in [0.25, 0.3) is 10.4 Å². The Morgan fingerprint density at radius 2 is 2.00 bits per heavy atom. The quantitative estimate of drug-likeness (QED) is 0.279. The zero-order valence-corrected chi connectivity index (χ0v) is 11.4. The third kappa shape index (κ3) is 3.93. The molecule has 0 spiro atoms. The van der Waals surface area contributed by atoms with Gasteiger partial charge in [0.15, 0.2) is 0 Å². The molecule has 0 atom stereocenters. The summed E-state index contributed by atoms with van der Waals surface area (Å²) < 4.78 is 0. The lowest BCUT2D eigenvalue weighted by molar-refractivity contribution is -0.384. The second-order valence-electron chi connectivity index (χ2n) is 4.92. The van der Waals surface area contributed by atoms with Gasteiger partial charge in [0.25, 0.3) is 5.69 Å². The molecule has 110 valence electrons. The molecule has 8 heteroatoms. The third-order valence-electron chi connectivity index (χ3n) is 3.53. The zero-order chi connectivity index (χ0) is 15.2. The van der Waals surface area contributed by atoms with Crippen LogP contribution in [-0.2, 0) is 11.2 Å². The zero-order valence-electron chi connectivity index (χ0n) is 11.4. The van der Waals surface area contributed by atoms with E-state index in [1.165, 1.54) is 12.1 Å². The molecule has 1 fully saturated rings. The summed E-state index contributed by atoms with van der Waals surface area (Å²) in [5.41, 5.74) is 9.15. The van der Waals surface area contributed by atoms with Gasteiger partial charge in [0.1, 0.15) is 0 Å². The standard InChI is InChI=1S/C13H15N5O3/c14-16-15-11-5-7-17(8-6-11)13(19)9-10-1-3-12(4-2-10)18(20)21/h1-4,11H,5-9H2. The number of azide groups is 1. The highest BCUT2D eigenvalue weighted by Crippen LogP contribution is 2.16. The van der Waals surface area contributed by atoms with Crippen molar-refractivity contribution < 1.29 is 9.72 Å². The molecule has 1 amide bonds. The number of benzene rings is 1. The van der Waals surface area contributed by atoms with Gasteiger partial charge in [0.2, 0.25) is 5.91 Å². The van der Waals surface area contributed by atoms with Gasteiger partial charge in [0, 0.05) is 36.2 Å². The van der Waals surface area contributed by atoms with Gasteiger partial charge in [-0.1, -0.05) is 17.2 Å². The molecule has 1 aliphatic heterocycles. The average Bonchev–Trinajstić information content (AvgIpc) is 2.49. The molecular weight excluding hydrogens is 274 g/mol. The van der Waals surface area contributed by atoms with Crippen LogP contribution >= 0.6 is 0 Å². The maximum Gasteiger partial charge on any atom is 0.269 e. The van der Waals surface area contributed by atoms with Gasteiger partial charge >= 0.3 is 0 Å². The molecule has 1 heterocycles. The summed E-state index contributed by atoms with van der Waals surface area (Å²) in [6, 6.07) is 5.97. The summed E-state index contributed by atoms with van der Waals surface area (Å²) in [6.07, 6.45) is 1.58. The number of nitrogens with zero attached hydrogens (tertiary/aromatic N) is 5. The van der Waals surface area contributed by atoms with Crippen LogP contribution in [0.3, 0.4) is 0 Å². The number of hydrogen-bond donors (Lipinski definition) is 0. The molecule has 1 aliphatic rings. The molecule has 1 saturated heterocycles. The van der Waals surface area contributed by atoms with Gasteiger partial charge in [0.05, 0.1) is 11.3 Å². The highest BCUT2D eigenvalue weighted by molar-refractivity contribution is 5.79. The largest absolute Gasteiger partial charge is 0.342 e. The Balaban J connectivity index is 1.90. The van der Waals surface area contributed by atoms with Crippen molar-refractivity contribution in [2.75, 3.05) is 13.1 Å². The van der Waals surface area contributed by atoms with Gasteiger partial charge in [-0.15, -0.1) is 0 Å². The first-order valence-electron chi connectivity index (χ1n) is 6.65. The van der Waals surface area contributed by atoms with Crippen LogP contribution in [0.5, 0.6) is 0 Å². The highest BCUT2D eigenvalue weighted by atomic mass is 16.6. The van der Waals surface area contributed by atoms with E-state index in [0.717, 1.165) is 5.56 Å². The fourth-order valence-electron chi connectivity index (χ4n) is 2.33. The molecule has 0 radical (unpaired) electrons. The minimum absolute atomic E-state index is 0.0109. The van der Waals surface area contributed by atoms with E-state index < -0.39 is 4.92 Å². The van der Waals surface area contributed by atoms with Crippen molar-refractivity contribution in [1.29, 1.82) is 0 Å². The summed E-state index contributed by atoms with van der Waals surface area (Å²) in [6.45, 7) is 1.16. The van der Waals surface area contributed by atoms with Crippen molar-refractivity contribution in [3.8, 4) is 0 Å². The molecule has 8 nitrogen and oxygen atoms in total. The van der Waals surface area contributed by atoms with E-state index in [1.807, 2.05) is 0 Å². The minimum Gasteiger partial charge on any atom is -0.342 e. The van der Waals surface area contributed by atoms with Gasteiger partial charge in [-0.05, 0) is 23.9 Å². The van der Waals surface area contributed by atoms with Crippen LogP contribution in [0.1, 0.15) is 18.4 Å². The second-order valence-corrected chi connectivity index (χ2v) is 4.92. The summed E-state index contributed by atoms with van der Waals surface area (Å²) in [5, 5.41) is 14.2. The molecule has 0 aromatic heterocycles. The number of hydrogen-bond acceptors (Lipinski definition) is 4. The number of likely N-dealkylation sites (tertiary alicyclic amines) is 1. The van der Waals surface area contributed by atoms with Gasteiger partial charge in [-0.3, -0.25) is 14.9 Å². The molecule has 0 bridgehead atoms. The molecule has 0 aliphatic carbocycles. The molecule has 0 unspecified atom stereocenters. The summed E-state index contributed by atoms with van der Waals surface area (Å²) in [7, 11) is 0. The van der Waals surface area contributed by atoms with Crippen LogP contribution in [-0.4, -0.2) is 34.9 Å². The SMILES string of the molecule is [N-]=[N+]=NC1CCN(C(=O)Cc2ccc([N+](=O)[O-])cc2)CC1. The minimum atomic E-state index is -0.466. The van der Waals surface area contributed by atoms with Gasteiger partial charge in [-0.25, -0.2) is 0 Å². The van der Waals surface area contributed by atoms with Crippen molar-refractivity contribution in [2.24, 2.45) is 5.11 Å². The highest BCUT2D eigenvalue weighted by Gasteiger charge is 2.22. The Kier molecular flexibility index (Phi) is 4.73. The number of non-ortho nitro benzene ring substituents is 1. The maximum absolute atomic E-state index is 12.1. The Bertz CT molecular complexity index is 572. The fraction of sp³-hybridized carbons (Fsp3) is 0.462. The molecule has 1 aromatic rings. The van der Waals surface area contributed by atoms with Crippen molar-refractivity contribution in [1.82, 2.24) is 4.90 Å². The number of nitro benzene ring substituents is 1. The van der Waals surface area contributed by atoms with E-state index in [1.54, 1.807) is 17.0 Å². The Morgan fingerprint density at radius 3 is 2.52 bits per heavy atom. The topological polar surface area (TPSA) is 112 Å². The Labute approximate surface area is 121 Å². The van der Waals surface area contributed by atoms with Crippen molar-refractivity contribution in [3.05, 3.63) is 50.4 Å². The summed E-state index contributed by atoms with van der Waals surface area (Å²) >= 11 is 0. The molecule has 0 saturated carbocycles. The third-order valence-corrected chi connectivity index (χ3v) is 3.53. The lowest BCUT2D eigenvalue weighted by atomic mass is 10.0. The number of carbonyl (C=O) groups excluding carboxylic acids is 1. The smallest absolute Gasteiger partial charge is 0.269 e. The van der Waals surface area contributed by atoms with Crippen LogP contribution in [0.4, 0.5) is 5.69 Å². The monoisotopic (exact) mass is 289 g/mol. The second kappa shape index (κ2) is 6.71. The van der Waals surface area contributed by atoms with Crippen molar-refractivity contribution in [3.63, 3.8) is 0 Å². The van der Waals surface area contributed by atoms with Crippen LogP contribution < -0.4 is 0 Å². The van der Waals surface area contributed by atoms with E-state index in [9.17, 15) is 14.9 Å². The maximum atomic E-state index is 12.1. The molecule has 2 rings (SSSR count). The predicted octanol–water partition coefficient (Wildman–Crippen LogP) is 2.44. The Morgan fingerprint density at radius 1 is 1.38 bits per heavy atom. The first-order valence-corrected chi connectivity index (χ1v) is 6.65. The Hall–Kier alpha value is -2.60. The van der Waals surface area contributed by atoms with Gasteiger partial charge in [-0.2, -0.15) is 0 Å². The lowest BCUT2D eigenvalue weighted by Crippen LogP contribution is -2.40. The van der Waals surface area contributed by atoms with Crippen molar-refractivity contribution >= 4 is 11.6 Å². The molecule has 21 heavy (non-hydrogen) atoms. The number of amides is 1. The number of nitro groups is 1. The summed E-state index contributed by atoms with van der Waals surface area (Å²) in [4.78, 5) is 26.8.